The Morgan fingerprint density at radius 2 is 1.47 bits per heavy atom. The number of amides is 1. The summed E-state index contributed by atoms with van der Waals surface area (Å²) in [7, 11) is 1.04. The molecule has 0 N–H and O–H groups in total. The Balaban J connectivity index is 1.62. The maximum atomic E-state index is 12.9. The van der Waals surface area contributed by atoms with Crippen molar-refractivity contribution in [3.63, 3.8) is 0 Å². The van der Waals surface area contributed by atoms with Gasteiger partial charge in [0.05, 0.1) is 32.6 Å². The van der Waals surface area contributed by atoms with E-state index in [0.29, 0.717) is 30.3 Å². The number of methoxy groups -OCH3 is 3. The average molecular weight is 435 g/mol. The Hall–Kier alpha value is -2.78. The number of benzene rings is 2. The first-order valence-electron chi connectivity index (χ1n) is 9.52. The van der Waals surface area contributed by atoms with Crippen LogP contribution in [0, 0.1) is 0 Å². The molecule has 1 saturated heterocycles. The van der Waals surface area contributed by atoms with Gasteiger partial charge < -0.3 is 19.1 Å². The number of piperazine rings is 1. The summed E-state index contributed by atoms with van der Waals surface area (Å²) in [4.78, 5) is 14.6. The van der Waals surface area contributed by atoms with Gasteiger partial charge in [-0.25, -0.2) is 8.42 Å². The summed E-state index contributed by atoms with van der Waals surface area (Å²) < 4.78 is 42.7. The lowest BCUT2D eigenvalue weighted by Gasteiger charge is -2.34. The molecule has 0 radical (unpaired) electrons. The van der Waals surface area contributed by atoms with E-state index in [1.54, 1.807) is 49.5 Å². The first-order valence-corrected chi connectivity index (χ1v) is 11.0. The van der Waals surface area contributed by atoms with Gasteiger partial charge in [0.25, 0.3) is 0 Å². The quantitative estimate of drug-likeness (QED) is 0.661. The maximum absolute atomic E-state index is 12.9. The molecule has 0 unspecified atom stereocenters. The molecule has 0 spiro atoms. The number of sulfonamides is 1. The number of nitrogens with zero attached hydrogens (tertiary/aromatic N) is 2. The third-order valence-corrected chi connectivity index (χ3v) is 7.04. The second-order valence-electron chi connectivity index (χ2n) is 6.81. The fourth-order valence-corrected chi connectivity index (χ4v) is 4.77. The molecule has 1 amide bonds. The highest BCUT2D eigenvalue weighted by atomic mass is 32.2. The molecular formula is C21H26N2O6S. The Morgan fingerprint density at radius 3 is 2.03 bits per heavy atom. The van der Waals surface area contributed by atoms with Crippen molar-refractivity contribution in [2.24, 2.45) is 0 Å². The lowest BCUT2D eigenvalue weighted by atomic mass is 10.1. The van der Waals surface area contributed by atoms with Crippen molar-refractivity contribution >= 4 is 15.9 Å². The van der Waals surface area contributed by atoms with Crippen LogP contribution in [0.2, 0.25) is 0 Å². The molecule has 30 heavy (non-hydrogen) atoms. The highest BCUT2D eigenvalue weighted by molar-refractivity contribution is 7.89. The molecule has 2 aromatic carbocycles. The van der Waals surface area contributed by atoms with Crippen molar-refractivity contribution in [3.8, 4) is 17.2 Å². The van der Waals surface area contributed by atoms with Crippen molar-refractivity contribution in [1.82, 2.24) is 9.21 Å². The Bertz CT molecular complexity index is 983. The molecule has 3 rings (SSSR count). The van der Waals surface area contributed by atoms with Crippen LogP contribution < -0.4 is 14.2 Å². The van der Waals surface area contributed by atoms with Crippen LogP contribution in [0.4, 0.5) is 0 Å². The zero-order chi connectivity index (χ0) is 21.7. The molecule has 1 aliphatic heterocycles. The van der Waals surface area contributed by atoms with Gasteiger partial charge in [0.1, 0.15) is 17.2 Å². The smallest absolute Gasteiger partial charge is 0.243 e. The van der Waals surface area contributed by atoms with Gasteiger partial charge in [-0.1, -0.05) is 6.07 Å². The fraction of sp³-hybridized carbons (Fsp3) is 0.381. The molecule has 0 aliphatic carbocycles. The molecule has 0 bridgehead atoms. The minimum atomic E-state index is -3.61. The Labute approximate surface area is 177 Å². The van der Waals surface area contributed by atoms with E-state index in [9.17, 15) is 13.2 Å². The van der Waals surface area contributed by atoms with Crippen molar-refractivity contribution < 1.29 is 27.4 Å². The van der Waals surface area contributed by atoms with E-state index < -0.39 is 10.0 Å². The lowest BCUT2D eigenvalue weighted by molar-refractivity contribution is -0.131. The van der Waals surface area contributed by atoms with Crippen LogP contribution in [-0.2, 0) is 21.2 Å². The van der Waals surface area contributed by atoms with Crippen LogP contribution >= 0.6 is 0 Å². The summed E-state index contributed by atoms with van der Waals surface area (Å²) in [6, 6.07) is 11.6. The average Bonchev–Trinajstić information content (AvgIpc) is 2.79. The zero-order valence-electron chi connectivity index (χ0n) is 17.3. The van der Waals surface area contributed by atoms with Crippen LogP contribution in [0.25, 0.3) is 0 Å². The predicted molar refractivity (Wildman–Crippen MR) is 112 cm³/mol. The van der Waals surface area contributed by atoms with Gasteiger partial charge in [-0.15, -0.1) is 0 Å². The predicted octanol–water partition coefficient (Wildman–Crippen LogP) is 1.79. The maximum Gasteiger partial charge on any atom is 0.243 e. The van der Waals surface area contributed by atoms with E-state index in [-0.39, 0.29) is 30.3 Å². The Kier molecular flexibility index (Phi) is 6.84. The Morgan fingerprint density at radius 1 is 0.867 bits per heavy atom. The first-order chi connectivity index (χ1) is 14.4. The van der Waals surface area contributed by atoms with E-state index in [2.05, 4.69) is 0 Å². The minimum absolute atomic E-state index is 0.0695. The lowest BCUT2D eigenvalue weighted by Crippen LogP contribution is -2.50. The van der Waals surface area contributed by atoms with Crippen LogP contribution in [0.1, 0.15) is 5.56 Å². The second-order valence-corrected chi connectivity index (χ2v) is 8.75. The number of ether oxygens (including phenoxy) is 3. The van der Waals surface area contributed by atoms with Gasteiger partial charge in [0, 0.05) is 37.8 Å². The van der Waals surface area contributed by atoms with Crippen molar-refractivity contribution in [1.29, 1.82) is 0 Å². The van der Waals surface area contributed by atoms with E-state index in [4.69, 9.17) is 14.2 Å². The van der Waals surface area contributed by atoms with Gasteiger partial charge in [-0.3, -0.25) is 4.79 Å². The van der Waals surface area contributed by atoms with Gasteiger partial charge in [-0.2, -0.15) is 4.31 Å². The van der Waals surface area contributed by atoms with E-state index in [0.717, 1.165) is 5.56 Å². The molecule has 0 saturated carbocycles. The van der Waals surface area contributed by atoms with E-state index in [1.165, 1.54) is 23.5 Å². The molecule has 8 nitrogen and oxygen atoms in total. The summed E-state index contributed by atoms with van der Waals surface area (Å²) >= 11 is 0. The van der Waals surface area contributed by atoms with Crippen LogP contribution in [-0.4, -0.2) is 71.0 Å². The highest BCUT2D eigenvalue weighted by Gasteiger charge is 2.30. The van der Waals surface area contributed by atoms with Crippen molar-refractivity contribution in [3.05, 3.63) is 48.0 Å². The van der Waals surface area contributed by atoms with Gasteiger partial charge >= 0.3 is 0 Å². The standard InChI is InChI=1S/C21H26N2O6S/c1-27-17-6-8-19(9-7-17)30(25,26)23-12-10-22(11-13-23)21(24)14-16-4-5-18(28-2)15-20(16)29-3/h4-9,15H,10-14H2,1-3H3. The molecule has 0 aromatic heterocycles. The monoisotopic (exact) mass is 434 g/mol. The minimum Gasteiger partial charge on any atom is -0.497 e. The van der Waals surface area contributed by atoms with E-state index in [1.807, 2.05) is 0 Å². The van der Waals surface area contributed by atoms with Crippen LogP contribution in [0.3, 0.4) is 0 Å². The van der Waals surface area contributed by atoms with Crippen LogP contribution in [0.5, 0.6) is 17.2 Å². The fourth-order valence-electron chi connectivity index (χ4n) is 3.35. The SMILES string of the molecule is COc1ccc(S(=O)(=O)N2CCN(C(=O)Cc3ccc(OC)cc3OC)CC2)cc1. The van der Waals surface area contributed by atoms with Crippen molar-refractivity contribution in [2.75, 3.05) is 47.5 Å². The third-order valence-electron chi connectivity index (χ3n) is 5.12. The molecule has 2 aromatic rings. The van der Waals surface area contributed by atoms with E-state index >= 15 is 0 Å². The summed E-state index contributed by atoms with van der Waals surface area (Å²) in [6.07, 6.45) is 0.179. The summed E-state index contributed by atoms with van der Waals surface area (Å²) in [5.74, 6) is 1.77. The molecule has 0 atom stereocenters. The molecule has 1 fully saturated rings. The largest absolute Gasteiger partial charge is 0.497 e. The summed E-state index contributed by atoms with van der Waals surface area (Å²) in [5, 5.41) is 0. The third kappa shape index (κ3) is 4.68. The number of hydrogen-bond donors (Lipinski definition) is 0. The number of rotatable bonds is 7. The number of hydrogen-bond acceptors (Lipinski definition) is 6. The summed E-state index contributed by atoms with van der Waals surface area (Å²) in [6.45, 7) is 1.18. The molecule has 1 heterocycles. The second kappa shape index (κ2) is 9.36. The molecular weight excluding hydrogens is 408 g/mol. The zero-order valence-corrected chi connectivity index (χ0v) is 18.1. The van der Waals surface area contributed by atoms with Crippen molar-refractivity contribution in [2.45, 2.75) is 11.3 Å². The first kappa shape index (κ1) is 21.9. The number of carbonyl (C=O) groups is 1. The van der Waals surface area contributed by atoms with Gasteiger partial charge in [-0.05, 0) is 30.3 Å². The van der Waals surface area contributed by atoms with Crippen LogP contribution in [0.15, 0.2) is 47.4 Å². The van der Waals surface area contributed by atoms with Gasteiger partial charge in [0.15, 0.2) is 0 Å². The molecule has 9 heteroatoms. The topological polar surface area (TPSA) is 85.4 Å². The number of carbonyl (C=O) groups excluding carboxylic acids is 1. The highest BCUT2D eigenvalue weighted by Crippen LogP contribution is 2.26. The molecule has 162 valence electrons. The normalized spacial score (nSPS) is 15.0. The van der Waals surface area contributed by atoms with Gasteiger partial charge in [0.2, 0.25) is 15.9 Å². The summed E-state index contributed by atoms with van der Waals surface area (Å²) in [5.41, 5.74) is 0.761. The molecule has 1 aliphatic rings.